The molecule has 0 radical (unpaired) electrons. The van der Waals surface area contributed by atoms with E-state index in [4.69, 9.17) is 17.3 Å². The largest absolute Gasteiger partial charge is 0.397 e. The molecular formula is C18H15ClN2OS. The number of carbonyl (C=O) groups is 1. The van der Waals surface area contributed by atoms with Gasteiger partial charge in [0.05, 0.1) is 10.7 Å². The Morgan fingerprint density at radius 1 is 1.09 bits per heavy atom. The van der Waals surface area contributed by atoms with Crippen molar-refractivity contribution >= 4 is 45.1 Å². The Labute approximate surface area is 143 Å². The molecule has 2 aromatic carbocycles. The minimum atomic E-state index is -0.0895. The lowest BCUT2D eigenvalue weighted by Gasteiger charge is -2.04. The predicted octanol–water partition coefficient (Wildman–Crippen LogP) is 5.27. The van der Waals surface area contributed by atoms with Crippen molar-refractivity contribution in [2.24, 2.45) is 0 Å². The highest BCUT2D eigenvalue weighted by molar-refractivity contribution is 7.19. The highest BCUT2D eigenvalue weighted by Crippen LogP contribution is 2.38. The summed E-state index contributed by atoms with van der Waals surface area (Å²) in [6.45, 7) is 1.91. The van der Waals surface area contributed by atoms with E-state index >= 15 is 0 Å². The zero-order valence-electron chi connectivity index (χ0n) is 12.5. The highest BCUT2D eigenvalue weighted by Gasteiger charge is 2.20. The second kappa shape index (κ2) is 6.44. The van der Waals surface area contributed by atoms with Crippen molar-refractivity contribution in [3.05, 3.63) is 75.6 Å². The van der Waals surface area contributed by atoms with Crippen LogP contribution < -0.4 is 11.1 Å². The molecule has 1 heterocycles. The molecule has 0 saturated carbocycles. The summed E-state index contributed by atoms with van der Waals surface area (Å²) < 4.78 is 0. The Morgan fingerprint density at radius 2 is 1.74 bits per heavy atom. The molecule has 3 rings (SSSR count). The third-order valence-corrected chi connectivity index (χ3v) is 5.01. The molecule has 23 heavy (non-hydrogen) atoms. The topological polar surface area (TPSA) is 55.1 Å². The number of nitrogens with one attached hydrogen (secondary N) is 1. The first-order valence-corrected chi connectivity index (χ1v) is 8.27. The molecule has 3 N–H and O–H groups in total. The highest BCUT2D eigenvalue weighted by atomic mass is 35.5. The van der Waals surface area contributed by atoms with E-state index in [2.05, 4.69) is 5.32 Å². The maximum absolute atomic E-state index is 12.7. The van der Waals surface area contributed by atoms with Crippen LogP contribution in [0, 0.1) is 6.92 Å². The van der Waals surface area contributed by atoms with E-state index < -0.39 is 0 Å². The van der Waals surface area contributed by atoms with Crippen LogP contribution in [0.5, 0.6) is 0 Å². The van der Waals surface area contributed by atoms with E-state index in [1.807, 2.05) is 37.3 Å². The van der Waals surface area contributed by atoms with Gasteiger partial charge in [-0.2, -0.15) is 0 Å². The van der Waals surface area contributed by atoms with Crippen LogP contribution in [0.3, 0.4) is 0 Å². The molecule has 3 aromatic rings. The lowest BCUT2D eigenvalue weighted by molar-refractivity contribution is 0.104. The van der Waals surface area contributed by atoms with E-state index in [9.17, 15) is 4.79 Å². The van der Waals surface area contributed by atoms with Gasteiger partial charge >= 0.3 is 0 Å². The standard InChI is InChI=1S/C18H15ClN2OS/c1-11-15(20)17(16(22)12-7-9-13(19)10-8-12)23-18(11)21-14-5-3-2-4-6-14/h2-10,21H,20H2,1H3. The molecule has 0 saturated heterocycles. The molecule has 0 fully saturated rings. The van der Waals surface area contributed by atoms with Gasteiger partial charge in [0.2, 0.25) is 5.78 Å². The average Bonchev–Trinajstić information content (AvgIpc) is 2.84. The Hall–Kier alpha value is -2.30. The van der Waals surface area contributed by atoms with Gasteiger partial charge in [-0.3, -0.25) is 4.79 Å². The number of rotatable bonds is 4. The Bertz CT molecular complexity index is 841. The molecule has 0 amide bonds. The number of benzene rings is 2. The second-order valence-corrected chi connectivity index (χ2v) is 6.58. The molecular weight excluding hydrogens is 328 g/mol. The maximum atomic E-state index is 12.7. The van der Waals surface area contributed by atoms with Gasteiger partial charge in [0.25, 0.3) is 0 Å². The Morgan fingerprint density at radius 3 is 2.39 bits per heavy atom. The fraction of sp³-hybridized carbons (Fsp3) is 0.0556. The third kappa shape index (κ3) is 3.23. The zero-order valence-corrected chi connectivity index (χ0v) is 14.0. The minimum absolute atomic E-state index is 0.0895. The van der Waals surface area contributed by atoms with Crippen LogP contribution in [0.25, 0.3) is 0 Å². The van der Waals surface area contributed by atoms with Gasteiger partial charge in [-0.25, -0.2) is 0 Å². The van der Waals surface area contributed by atoms with E-state index in [0.717, 1.165) is 16.3 Å². The molecule has 0 aliphatic carbocycles. The first-order chi connectivity index (χ1) is 11.1. The van der Waals surface area contributed by atoms with Crippen LogP contribution in [0.15, 0.2) is 54.6 Å². The van der Waals surface area contributed by atoms with Crippen molar-refractivity contribution in [3.8, 4) is 0 Å². The predicted molar refractivity (Wildman–Crippen MR) is 98.1 cm³/mol. The van der Waals surface area contributed by atoms with Crippen LogP contribution in [-0.2, 0) is 0 Å². The minimum Gasteiger partial charge on any atom is -0.397 e. The number of carbonyl (C=O) groups excluding carboxylic acids is 1. The lowest BCUT2D eigenvalue weighted by atomic mass is 10.1. The molecule has 0 unspecified atom stereocenters. The van der Waals surface area contributed by atoms with Crippen molar-refractivity contribution in [1.29, 1.82) is 0 Å². The molecule has 5 heteroatoms. The van der Waals surface area contributed by atoms with Gasteiger partial charge in [0, 0.05) is 21.8 Å². The summed E-state index contributed by atoms with van der Waals surface area (Å²) >= 11 is 7.24. The Balaban J connectivity index is 1.93. The lowest BCUT2D eigenvalue weighted by Crippen LogP contribution is -2.02. The smallest absolute Gasteiger partial charge is 0.205 e. The van der Waals surface area contributed by atoms with Gasteiger partial charge in [-0.15, -0.1) is 11.3 Å². The normalized spacial score (nSPS) is 10.5. The monoisotopic (exact) mass is 342 g/mol. The summed E-state index contributed by atoms with van der Waals surface area (Å²) in [5, 5.41) is 4.79. The van der Waals surface area contributed by atoms with E-state index in [1.165, 1.54) is 11.3 Å². The first-order valence-electron chi connectivity index (χ1n) is 7.07. The van der Waals surface area contributed by atoms with Crippen molar-refractivity contribution in [1.82, 2.24) is 0 Å². The SMILES string of the molecule is Cc1c(Nc2ccccc2)sc(C(=O)c2ccc(Cl)cc2)c1N. The van der Waals surface area contributed by atoms with Crippen molar-refractivity contribution < 1.29 is 4.79 Å². The quantitative estimate of drug-likeness (QED) is 0.635. The fourth-order valence-electron chi connectivity index (χ4n) is 2.20. The molecule has 0 spiro atoms. The van der Waals surface area contributed by atoms with Crippen LogP contribution in [0.4, 0.5) is 16.4 Å². The summed E-state index contributed by atoms with van der Waals surface area (Å²) in [6, 6.07) is 16.6. The number of para-hydroxylation sites is 1. The van der Waals surface area contributed by atoms with Crippen LogP contribution >= 0.6 is 22.9 Å². The van der Waals surface area contributed by atoms with Crippen LogP contribution in [-0.4, -0.2) is 5.78 Å². The van der Waals surface area contributed by atoms with Gasteiger partial charge in [0.15, 0.2) is 0 Å². The van der Waals surface area contributed by atoms with Crippen molar-refractivity contribution in [2.75, 3.05) is 11.1 Å². The molecule has 0 bridgehead atoms. The van der Waals surface area contributed by atoms with Gasteiger partial charge < -0.3 is 11.1 Å². The van der Waals surface area contributed by atoms with Crippen molar-refractivity contribution in [2.45, 2.75) is 6.92 Å². The summed E-state index contributed by atoms with van der Waals surface area (Å²) in [7, 11) is 0. The number of ketones is 1. The second-order valence-electron chi connectivity index (χ2n) is 5.13. The first kappa shape index (κ1) is 15.6. The van der Waals surface area contributed by atoms with E-state index in [0.29, 0.717) is 21.2 Å². The van der Waals surface area contributed by atoms with Gasteiger partial charge in [-0.1, -0.05) is 29.8 Å². The van der Waals surface area contributed by atoms with Crippen LogP contribution in [0.1, 0.15) is 20.8 Å². The molecule has 0 aliphatic rings. The average molecular weight is 343 g/mol. The summed E-state index contributed by atoms with van der Waals surface area (Å²) in [4.78, 5) is 13.2. The maximum Gasteiger partial charge on any atom is 0.205 e. The number of hydrogen-bond donors (Lipinski definition) is 2. The number of nitrogens with two attached hydrogens (primary N) is 1. The van der Waals surface area contributed by atoms with Gasteiger partial charge in [0.1, 0.15) is 4.88 Å². The van der Waals surface area contributed by atoms with E-state index in [-0.39, 0.29) is 5.78 Å². The summed E-state index contributed by atoms with van der Waals surface area (Å²) in [5.41, 5.74) is 9.09. The van der Waals surface area contributed by atoms with Crippen molar-refractivity contribution in [3.63, 3.8) is 0 Å². The number of anilines is 3. The van der Waals surface area contributed by atoms with Crippen LogP contribution in [0.2, 0.25) is 5.02 Å². The zero-order chi connectivity index (χ0) is 16.4. The fourth-order valence-corrected chi connectivity index (χ4v) is 3.43. The number of thiophene rings is 1. The summed E-state index contributed by atoms with van der Waals surface area (Å²) in [6.07, 6.45) is 0. The molecule has 0 aliphatic heterocycles. The number of halogens is 1. The molecule has 116 valence electrons. The molecule has 1 aromatic heterocycles. The summed E-state index contributed by atoms with van der Waals surface area (Å²) in [5.74, 6) is -0.0895. The van der Waals surface area contributed by atoms with E-state index in [1.54, 1.807) is 24.3 Å². The number of nitrogen functional groups attached to an aromatic ring is 1. The Kier molecular flexibility index (Phi) is 4.37. The molecule has 0 atom stereocenters. The van der Waals surface area contributed by atoms with Gasteiger partial charge in [-0.05, 0) is 43.3 Å². The molecule has 3 nitrogen and oxygen atoms in total. The number of hydrogen-bond acceptors (Lipinski definition) is 4. The third-order valence-electron chi connectivity index (χ3n) is 3.54.